The van der Waals surface area contributed by atoms with Crippen molar-refractivity contribution in [2.45, 2.75) is 31.6 Å². The average Bonchev–Trinajstić information content (AvgIpc) is 2.44. The molecule has 0 fully saturated rings. The van der Waals surface area contributed by atoms with Crippen molar-refractivity contribution >= 4 is 17.7 Å². The first-order chi connectivity index (χ1) is 9.12. The van der Waals surface area contributed by atoms with Gasteiger partial charge in [-0.1, -0.05) is 37.3 Å². The van der Waals surface area contributed by atoms with Gasteiger partial charge in [-0.05, 0) is 31.2 Å². The summed E-state index contributed by atoms with van der Waals surface area (Å²) >= 11 is 1.84. The van der Waals surface area contributed by atoms with E-state index in [2.05, 4.69) is 17.4 Å². The summed E-state index contributed by atoms with van der Waals surface area (Å²) in [6, 6.07) is 10.4. The fourth-order valence-electron chi connectivity index (χ4n) is 1.92. The van der Waals surface area contributed by atoms with Gasteiger partial charge in [0.15, 0.2) is 0 Å². The number of hydrogen-bond donors (Lipinski definition) is 1. The molecule has 0 saturated heterocycles. The molecule has 4 heteroatoms. The minimum atomic E-state index is -0.576. The average molecular weight is 281 g/mol. The highest BCUT2D eigenvalue weighted by Gasteiger charge is 2.32. The van der Waals surface area contributed by atoms with E-state index in [0.717, 1.165) is 24.5 Å². The molecule has 19 heavy (non-hydrogen) atoms. The van der Waals surface area contributed by atoms with Crippen LogP contribution in [-0.2, 0) is 15.3 Å². The first-order valence-electron chi connectivity index (χ1n) is 6.57. The molecule has 0 aliphatic carbocycles. The number of carbonyl (C=O) groups is 1. The summed E-state index contributed by atoms with van der Waals surface area (Å²) in [6.45, 7) is 4.67. The van der Waals surface area contributed by atoms with E-state index in [-0.39, 0.29) is 5.97 Å². The Labute approximate surface area is 120 Å². The number of nitrogens with one attached hydrogen (secondary N) is 1. The normalized spacial score (nSPS) is 13.8. The number of benzene rings is 1. The third-order valence-corrected chi connectivity index (χ3v) is 4.09. The molecule has 0 bridgehead atoms. The molecule has 1 rings (SSSR count). The van der Waals surface area contributed by atoms with Gasteiger partial charge in [0.05, 0.1) is 7.11 Å². The Morgan fingerprint density at radius 2 is 2.05 bits per heavy atom. The Bertz CT molecular complexity index is 383. The molecule has 1 atom stereocenters. The molecule has 1 aromatic carbocycles. The Morgan fingerprint density at radius 1 is 1.37 bits per heavy atom. The van der Waals surface area contributed by atoms with Gasteiger partial charge in [-0.3, -0.25) is 4.79 Å². The van der Waals surface area contributed by atoms with E-state index in [1.165, 1.54) is 12.7 Å². The van der Waals surface area contributed by atoms with Crippen LogP contribution in [0.15, 0.2) is 30.3 Å². The van der Waals surface area contributed by atoms with Gasteiger partial charge in [0.25, 0.3) is 0 Å². The third-order valence-electron chi connectivity index (χ3n) is 3.06. The Morgan fingerprint density at radius 3 is 2.63 bits per heavy atom. The van der Waals surface area contributed by atoms with Crippen LogP contribution in [0.3, 0.4) is 0 Å². The van der Waals surface area contributed by atoms with Crippen molar-refractivity contribution in [3.8, 4) is 0 Å². The van der Waals surface area contributed by atoms with Crippen molar-refractivity contribution in [3.05, 3.63) is 35.9 Å². The van der Waals surface area contributed by atoms with Gasteiger partial charge in [-0.25, -0.2) is 0 Å². The van der Waals surface area contributed by atoms with E-state index in [0.29, 0.717) is 0 Å². The van der Waals surface area contributed by atoms with Gasteiger partial charge in [0.1, 0.15) is 5.54 Å². The van der Waals surface area contributed by atoms with Crippen molar-refractivity contribution in [1.29, 1.82) is 0 Å². The molecular formula is C15H23NO2S. The SMILES string of the molecule is CCNC(C)(CCSCc1ccccc1)C(=O)OC. The number of rotatable bonds is 8. The number of hydrogen-bond acceptors (Lipinski definition) is 4. The summed E-state index contributed by atoms with van der Waals surface area (Å²) in [6.07, 6.45) is 0.769. The van der Waals surface area contributed by atoms with Crippen molar-refractivity contribution in [1.82, 2.24) is 5.32 Å². The van der Waals surface area contributed by atoms with Gasteiger partial charge in [0, 0.05) is 5.75 Å². The molecule has 0 aliphatic heterocycles. The maximum atomic E-state index is 11.8. The van der Waals surface area contributed by atoms with E-state index in [4.69, 9.17) is 4.74 Å². The number of thioether (sulfide) groups is 1. The molecule has 106 valence electrons. The van der Waals surface area contributed by atoms with Crippen LogP contribution in [-0.4, -0.2) is 30.9 Å². The van der Waals surface area contributed by atoms with Crippen LogP contribution >= 0.6 is 11.8 Å². The highest BCUT2D eigenvalue weighted by atomic mass is 32.2. The van der Waals surface area contributed by atoms with Crippen molar-refractivity contribution in [2.24, 2.45) is 0 Å². The predicted molar refractivity (Wildman–Crippen MR) is 81.3 cm³/mol. The van der Waals surface area contributed by atoms with Crippen molar-refractivity contribution < 1.29 is 9.53 Å². The zero-order chi connectivity index (χ0) is 14.1. The third kappa shape index (κ3) is 5.25. The summed E-state index contributed by atoms with van der Waals surface area (Å²) in [5.74, 6) is 1.72. The Kier molecular flexibility index (Phi) is 6.95. The van der Waals surface area contributed by atoms with Crippen LogP contribution in [0.1, 0.15) is 25.8 Å². The molecule has 3 nitrogen and oxygen atoms in total. The number of ether oxygens (including phenoxy) is 1. The lowest BCUT2D eigenvalue weighted by Gasteiger charge is -2.27. The molecular weight excluding hydrogens is 258 g/mol. The summed E-state index contributed by atoms with van der Waals surface area (Å²) in [4.78, 5) is 11.8. The quantitative estimate of drug-likeness (QED) is 0.587. The zero-order valence-electron chi connectivity index (χ0n) is 11.9. The van der Waals surface area contributed by atoms with E-state index >= 15 is 0 Å². The van der Waals surface area contributed by atoms with Crippen molar-refractivity contribution in [3.63, 3.8) is 0 Å². The second-order valence-electron chi connectivity index (χ2n) is 4.64. The van der Waals surface area contributed by atoms with E-state index in [1.807, 2.05) is 43.8 Å². The van der Waals surface area contributed by atoms with Gasteiger partial charge in [0.2, 0.25) is 0 Å². The van der Waals surface area contributed by atoms with E-state index in [9.17, 15) is 4.79 Å². The number of esters is 1. The van der Waals surface area contributed by atoms with Gasteiger partial charge in [-0.2, -0.15) is 11.8 Å². The highest BCUT2D eigenvalue weighted by molar-refractivity contribution is 7.98. The van der Waals surface area contributed by atoms with Crippen LogP contribution in [0.2, 0.25) is 0 Å². The molecule has 1 N–H and O–H groups in total. The van der Waals surface area contributed by atoms with Crippen LogP contribution in [0.25, 0.3) is 0 Å². The maximum Gasteiger partial charge on any atom is 0.325 e. The number of likely N-dealkylation sites (N-methyl/N-ethyl adjacent to an activating group) is 1. The van der Waals surface area contributed by atoms with Crippen LogP contribution in [0, 0.1) is 0 Å². The second kappa shape index (κ2) is 8.23. The second-order valence-corrected chi connectivity index (χ2v) is 5.75. The molecule has 0 aliphatic rings. The predicted octanol–water partition coefficient (Wildman–Crippen LogP) is 2.85. The fraction of sp³-hybridized carbons (Fsp3) is 0.533. The first kappa shape index (κ1) is 16.1. The van der Waals surface area contributed by atoms with Crippen LogP contribution in [0.5, 0.6) is 0 Å². The van der Waals surface area contributed by atoms with Gasteiger partial charge < -0.3 is 10.1 Å². The maximum absolute atomic E-state index is 11.8. The Hall–Kier alpha value is -1.00. The molecule has 0 amide bonds. The summed E-state index contributed by atoms with van der Waals surface area (Å²) in [5.41, 5.74) is 0.739. The minimum absolute atomic E-state index is 0.185. The summed E-state index contributed by atoms with van der Waals surface area (Å²) in [7, 11) is 1.44. The van der Waals surface area contributed by atoms with E-state index in [1.54, 1.807) is 0 Å². The van der Waals surface area contributed by atoms with E-state index < -0.39 is 5.54 Å². The molecule has 0 radical (unpaired) electrons. The minimum Gasteiger partial charge on any atom is -0.468 e. The molecule has 0 aromatic heterocycles. The molecule has 1 unspecified atom stereocenters. The lowest BCUT2D eigenvalue weighted by atomic mass is 9.99. The summed E-state index contributed by atoms with van der Waals surface area (Å²) < 4.78 is 4.87. The van der Waals surface area contributed by atoms with Gasteiger partial charge >= 0.3 is 5.97 Å². The fourth-order valence-corrected chi connectivity index (χ4v) is 3.04. The largest absolute Gasteiger partial charge is 0.468 e. The monoisotopic (exact) mass is 281 g/mol. The molecule has 0 spiro atoms. The lowest BCUT2D eigenvalue weighted by molar-refractivity contribution is -0.147. The smallest absolute Gasteiger partial charge is 0.325 e. The lowest BCUT2D eigenvalue weighted by Crippen LogP contribution is -2.50. The van der Waals surface area contributed by atoms with Crippen molar-refractivity contribution in [2.75, 3.05) is 19.4 Å². The van der Waals surface area contributed by atoms with Crippen LogP contribution in [0.4, 0.5) is 0 Å². The first-order valence-corrected chi connectivity index (χ1v) is 7.73. The Balaban J connectivity index is 2.38. The highest BCUT2D eigenvalue weighted by Crippen LogP contribution is 2.19. The number of carbonyl (C=O) groups excluding carboxylic acids is 1. The molecule has 0 heterocycles. The molecule has 1 aromatic rings. The summed E-state index contributed by atoms with van der Waals surface area (Å²) in [5, 5.41) is 3.22. The van der Waals surface area contributed by atoms with Crippen LogP contribution < -0.4 is 5.32 Å². The standard InChI is InChI=1S/C15H23NO2S/c1-4-16-15(2,14(17)18-3)10-11-19-12-13-8-6-5-7-9-13/h5-9,16H,4,10-12H2,1-3H3. The zero-order valence-corrected chi connectivity index (χ0v) is 12.8. The van der Waals surface area contributed by atoms with Gasteiger partial charge in [-0.15, -0.1) is 0 Å². The number of methoxy groups -OCH3 is 1. The molecule has 0 saturated carbocycles. The topological polar surface area (TPSA) is 38.3 Å².